The minimum Gasteiger partial charge on any atom is -0.490 e. The van der Waals surface area contributed by atoms with E-state index in [0.29, 0.717) is 24.5 Å². The quantitative estimate of drug-likeness (QED) is 0.476. The van der Waals surface area contributed by atoms with Gasteiger partial charge in [0.25, 0.3) is 5.69 Å². The molecule has 102 valence electrons. The highest BCUT2D eigenvalue weighted by Crippen LogP contribution is 2.38. The van der Waals surface area contributed by atoms with Crippen LogP contribution in [-0.4, -0.2) is 24.2 Å². The Morgan fingerprint density at radius 2 is 1.95 bits per heavy atom. The van der Waals surface area contributed by atoms with Crippen LogP contribution in [0.25, 0.3) is 11.1 Å². The SMILES string of the molecule is O=[N+]([O-])c1cccc(OCC2CO2)c1-c1ccccc1. The number of hydrogen-bond acceptors (Lipinski definition) is 4. The van der Waals surface area contributed by atoms with E-state index in [-0.39, 0.29) is 16.7 Å². The summed E-state index contributed by atoms with van der Waals surface area (Å²) < 4.78 is 10.8. The van der Waals surface area contributed by atoms with Gasteiger partial charge in [-0.3, -0.25) is 10.1 Å². The lowest BCUT2D eigenvalue weighted by atomic mass is 10.0. The van der Waals surface area contributed by atoms with Gasteiger partial charge in [-0.1, -0.05) is 36.4 Å². The number of epoxide rings is 1. The van der Waals surface area contributed by atoms with Crippen molar-refractivity contribution in [1.82, 2.24) is 0 Å². The van der Waals surface area contributed by atoms with Gasteiger partial charge in [-0.05, 0) is 11.6 Å². The molecule has 0 radical (unpaired) electrons. The molecule has 2 aromatic carbocycles. The first kappa shape index (κ1) is 12.6. The summed E-state index contributed by atoms with van der Waals surface area (Å²) in [6.07, 6.45) is 0.109. The Morgan fingerprint density at radius 1 is 1.20 bits per heavy atom. The number of ether oxygens (including phenoxy) is 2. The van der Waals surface area contributed by atoms with Crippen molar-refractivity contribution in [3.05, 3.63) is 58.6 Å². The van der Waals surface area contributed by atoms with Crippen LogP contribution in [0.2, 0.25) is 0 Å². The Kier molecular flexibility index (Phi) is 3.35. The maximum atomic E-state index is 11.2. The molecule has 0 bridgehead atoms. The molecule has 1 atom stereocenters. The topological polar surface area (TPSA) is 64.9 Å². The van der Waals surface area contributed by atoms with Gasteiger partial charge in [0.2, 0.25) is 0 Å². The summed E-state index contributed by atoms with van der Waals surface area (Å²) in [7, 11) is 0. The molecule has 0 spiro atoms. The van der Waals surface area contributed by atoms with Crippen LogP contribution < -0.4 is 4.74 Å². The number of nitrogens with zero attached hydrogens (tertiary/aromatic N) is 1. The average Bonchev–Trinajstić information content (AvgIpc) is 3.29. The van der Waals surface area contributed by atoms with Crippen LogP contribution in [-0.2, 0) is 4.74 Å². The molecule has 5 nitrogen and oxygen atoms in total. The molecule has 0 aliphatic carbocycles. The highest BCUT2D eigenvalue weighted by Gasteiger charge is 2.25. The first-order valence-electron chi connectivity index (χ1n) is 6.33. The zero-order chi connectivity index (χ0) is 13.9. The van der Waals surface area contributed by atoms with Crippen molar-refractivity contribution in [2.75, 3.05) is 13.2 Å². The monoisotopic (exact) mass is 271 g/mol. The molecule has 0 aromatic heterocycles. The van der Waals surface area contributed by atoms with Crippen LogP contribution in [0.15, 0.2) is 48.5 Å². The van der Waals surface area contributed by atoms with E-state index in [0.717, 1.165) is 5.56 Å². The maximum Gasteiger partial charge on any atom is 0.280 e. The Bertz CT molecular complexity index is 623. The molecular formula is C15H13NO4. The minimum absolute atomic E-state index is 0.0467. The van der Waals surface area contributed by atoms with Crippen LogP contribution in [0.1, 0.15) is 0 Å². The standard InChI is InChI=1S/C15H13NO4/c17-16(18)13-7-4-8-14(20-10-12-9-19-12)15(13)11-5-2-1-3-6-11/h1-8,12H,9-10H2. The summed E-state index contributed by atoms with van der Waals surface area (Å²) in [5.74, 6) is 0.515. The fourth-order valence-electron chi connectivity index (χ4n) is 2.03. The van der Waals surface area contributed by atoms with Gasteiger partial charge >= 0.3 is 0 Å². The summed E-state index contributed by atoms with van der Waals surface area (Å²) in [6, 6.07) is 14.1. The molecular weight excluding hydrogens is 258 g/mol. The largest absolute Gasteiger partial charge is 0.490 e. The van der Waals surface area contributed by atoms with Crippen molar-refractivity contribution < 1.29 is 14.4 Å². The highest BCUT2D eigenvalue weighted by atomic mass is 16.6. The van der Waals surface area contributed by atoms with Gasteiger partial charge in [0.15, 0.2) is 0 Å². The van der Waals surface area contributed by atoms with Crippen LogP contribution >= 0.6 is 0 Å². The smallest absolute Gasteiger partial charge is 0.280 e. The third-order valence-electron chi connectivity index (χ3n) is 3.09. The van der Waals surface area contributed by atoms with Crippen LogP contribution in [0.3, 0.4) is 0 Å². The van der Waals surface area contributed by atoms with Gasteiger partial charge in [-0.2, -0.15) is 0 Å². The number of hydrogen-bond donors (Lipinski definition) is 0. The van der Waals surface area contributed by atoms with Gasteiger partial charge < -0.3 is 9.47 Å². The van der Waals surface area contributed by atoms with Gasteiger partial charge in [-0.15, -0.1) is 0 Å². The van der Waals surface area contributed by atoms with E-state index in [2.05, 4.69) is 0 Å². The number of rotatable bonds is 5. The number of nitro benzene ring substituents is 1. The van der Waals surface area contributed by atoms with Crippen molar-refractivity contribution >= 4 is 5.69 Å². The van der Waals surface area contributed by atoms with E-state index in [9.17, 15) is 10.1 Å². The summed E-state index contributed by atoms with van der Waals surface area (Å²) in [6.45, 7) is 1.11. The summed E-state index contributed by atoms with van der Waals surface area (Å²) in [4.78, 5) is 10.8. The van der Waals surface area contributed by atoms with E-state index in [1.54, 1.807) is 12.1 Å². The lowest BCUT2D eigenvalue weighted by Crippen LogP contribution is -2.05. The van der Waals surface area contributed by atoms with E-state index >= 15 is 0 Å². The third-order valence-corrected chi connectivity index (χ3v) is 3.09. The molecule has 0 N–H and O–H groups in total. The predicted octanol–water partition coefficient (Wildman–Crippen LogP) is 3.04. The predicted molar refractivity (Wildman–Crippen MR) is 73.8 cm³/mol. The van der Waals surface area contributed by atoms with Crippen molar-refractivity contribution in [3.8, 4) is 16.9 Å². The second-order valence-corrected chi connectivity index (χ2v) is 4.54. The molecule has 5 heteroatoms. The normalized spacial score (nSPS) is 16.7. The second-order valence-electron chi connectivity index (χ2n) is 4.54. The minimum atomic E-state index is -0.386. The lowest BCUT2D eigenvalue weighted by Gasteiger charge is -2.11. The first-order chi connectivity index (χ1) is 9.75. The molecule has 1 saturated heterocycles. The molecule has 0 saturated carbocycles. The fourth-order valence-corrected chi connectivity index (χ4v) is 2.03. The Hall–Kier alpha value is -2.40. The second kappa shape index (κ2) is 5.30. The molecule has 1 fully saturated rings. The Morgan fingerprint density at radius 3 is 2.60 bits per heavy atom. The van der Waals surface area contributed by atoms with Crippen LogP contribution in [0, 0.1) is 10.1 Å². The van der Waals surface area contributed by atoms with Crippen molar-refractivity contribution in [1.29, 1.82) is 0 Å². The molecule has 1 aliphatic heterocycles. The summed E-state index contributed by atoms with van der Waals surface area (Å²) in [5, 5.41) is 11.2. The zero-order valence-electron chi connectivity index (χ0n) is 10.7. The van der Waals surface area contributed by atoms with Crippen LogP contribution in [0.4, 0.5) is 5.69 Å². The van der Waals surface area contributed by atoms with Crippen molar-refractivity contribution in [2.45, 2.75) is 6.10 Å². The van der Waals surface area contributed by atoms with Gasteiger partial charge in [-0.25, -0.2) is 0 Å². The van der Waals surface area contributed by atoms with Gasteiger partial charge in [0, 0.05) is 6.07 Å². The molecule has 0 amide bonds. The van der Waals surface area contributed by atoms with Gasteiger partial charge in [0.05, 0.1) is 11.5 Å². The molecule has 20 heavy (non-hydrogen) atoms. The molecule has 3 rings (SSSR count). The van der Waals surface area contributed by atoms with E-state index in [1.165, 1.54) is 6.07 Å². The zero-order valence-corrected chi connectivity index (χ0v) is 10.7. The molecule has 1 heterocycles. The maximum absolute atomic E-state index is 11.2. The van der Waals surface area contributed by atoms with E-state index < -0.39 is 0 Å². The van der Waals surface area contributed by atoms with Gasteiger partial charge in [0.1, 0.15) is 24.0 Å². The van der Waals surface area contributed by atoms with E-state index in [4.69, 9.17) is 9.47 Å². The average molecular weight is 271 g/mol. The molecule has 1 unspecified atom stereocenters. The summed E-state index contributed by atoms with van der Waals surface area (Å²) >= 11 is 0. The fraction of sp³-hybridized carbons (Fsp3) is 0.200. The first-order valence-corrected chi connectivity index (χ1v) is 6.33. The van der Waals surface area contributed by atoms with E-state index in [1.807, 2.05) is 30.3 Å². The Labute approximate surface area is 115 Å². The number of benzene rings is 2. The lowest BCUT2D eigenvalue weighted by molar-refractivity contribution is -0.384. The number of nitro groups is 1. The molecule has 2 aromatic rings. The third kappa shape index (κ3) is 2.62. The van der Waals surface area contributed by atoms with Crippen molar-refractivity contribution in [2.24, 2.45) is 0 Å². The highest BCUT2D eigenvalue weighted by molar-refractivity contribution is 5.79. The molecule has 1 aliphatic rings. The van der Waals surface area contributed by atoms with Crippen molar-refractivity contribution in [3.63, 3.8) is 0 Å². The van der Waals surface area contributed by atoms with Crippen LogP contribution in [0.5, 0.6) is 5.75 Å². The summed E-state index contributed by atoms with van der Waals surface area (Å²) in [5.41, 5.74) is 1.33. The Balaban J connectivity index is 2.03.